The van der Waals surface area contributed by atoms with E-state index in [0.29, 0.717) is 5.69 Å². The Kier molecular flexibility index (Phi) is 8.38. The van der Waals surface area contributed by atoms with E-state index in [0.717, 1.165) is 64.3 Å². The first kappa shape index (κ1) is 23.7. The first-order chi connectivity index (χ1) is 16.2. The number of unbranched alkanes of at least 4 members (excludes halogenated alkanes) is 1. The van der Waals surface area contributed by atoms with Gasteiger partial charge in [-0.15, -0.1) is 0 Å². The second-order valence-electron chi connectivity index (χ2n) is 9.80. The van der Waals surface area contributed by atoms with Gasteiger partial charge in [-0.05, 0) is 74.2 Å². The Morgan fingerprint density at radius 3 is 2.64 bits per heavy atom. The molecule has 0 atom stereocenters. The number of benzene rings is 1. The van der Waals surface area contributed by atoms with Crippen molar-refractivity contribution in [2.24, 2.45) is 5.41 Å². The number of likely N-dealkylation sites (tertiary alicyclic amines) is 1. The summed E-state index contributed by atoms with van der Waals surface area (Å²) in [6, 6.07) is 14.1. The second kappa shape index (κ2) is 11.6. The number of rotatable bonds is 4. The third kappa shape index (κ3) is 6.35. The number of fused-ring (bicyclic) bond motifs is 1. The molecule has 5 nitrogen and oxygen atoms in total. The number of aryl methyl sites for hydroxylation is 1. The number of para-hydroxylation sites is 1. The highest BCUT2D eigenvalue weighted by atomic mass is 16.5. The second-order valence-corrected chi connectivity index (χ2v) is 9.80. The molecule has 4 rings (SSSR count). The number of hydrogen-bond donors (Lipinski definition) is 0. The van der Waals surface area contributed by atoms with Crippen LogP contribution < -0.4 is 4.74 Å². The Morgan fingerprint density at radius 1 is 1.03 bits per heavy atom. The molecule has 0 unspecified atom stereocenters. The summed E-state index contributed by atoms with van der Waals surface area (Å²) in [5.74, 6) is 1.14. The number of carbonyl (C=O) groups excluding carboxylic acids is 1. The molecule has 0 N–H and O–H groups in total. The van der Waals surface area contributed by atoms with Crippen molar-refractivity contribution in [2.75, 3.05) is 39.3 Å². The number of hydrogen-bond acceptors (Lipinski definition) is 4. The topological polar surface area (TPSA) is 45.7 Å². The minimum Gasteiger partial charge on any atom is -0.492 e. The molecule has 0 bridgehead atoms. The van der Waals surface area contributed by atoms with Gasteiger partial charge in [0.25, 0.3) is 5.91 Å². The van der Waals surface area contributed by atoms with Crippen molar-refractivity contribution in [3.8, 4) is 5.75 Å². The monoisotopic (exact) mass is 449 g/mol. The number of pyridine rings is 1. The SMILES string of the molecule is CCCCN1CCOc2ccccc2CCCCC2(CCN(C(=O)c3ccccn3)CC2)C1. The molecule has 5 heteroatoms. The maximum atomic E-state index is 12.9. The summed E-state index contributed by atoms with van der Waals surface area (Å²) in [5, 5.41) is 0. The largest absolute Gasteiger partial charge is 0.492 e. The molecule has 178 valence electrons. The van der Waals surface area contributed by atoms with Crippen molar-refractivity contribution < 1.29 is 9.53 Å². The van der Waals surface area contributed by atoms with E-state index < -0.39 is 0 Å². The molecule has 1 aromatic heterocycles. The normalized spacial score (nSPS) is 19.7. The lowest BCUT2D eigenvalue weighted by molar-refractivity contribution is 0.0371. The smallest absolute Gasteiger partial charge is 0.272 e. The molecule has 1 saturated heterocycles. The van der Waals surface area contributed by atoms with Gasteiger partial charge < -0.3 is 9.64 Å². The Balaban J connectivity index is 1.45. The van der Waals surface area contributed by atoms with Crippen molar-refractivity contribution in [3.05, 3.63) is 59.9 Å². The summed E-state index contributed by atoms with van der Waals surface area (Å²) < 4.78 is 6.24. The van der Waals surface area contributed by atoms with E-state index >= 15 is 0 Å². The summed E-state index contributed by atoms with van der Waals surface area (Å²) in [5.41, 5.74) is 2.18. The van der Waals surface area contributed by atoms with Crippen LogP contribution in [-0.2, 0) is 6.42 Å². The predicted molar refractivity (Wildman–Crippen MR) is 133 cm³/mol. The van der Waals surface area contributed by atoms with Crippen LogP contribution in [0.3, 0.4) is 0 Å². The quantitative estimate of drug-likeness (QED) is 0.643. The third-order valence-corrected chi connectivity index (χ3v) is 7.42. The molecule has 2 aromatic rings. The Hall–Kier alpha value is -2.40. The summed E-state index contributed by atoms with van der Waals surface area (Å²) in [6.45, 7) is 7.87. The number of amides is 1. The fraction of sp³-hybridized carbons (Fsp3) is 0.571. The van der Waals surface area contributed by atoms with E-state index in [1.807, 2.05) is 23.1 Å². The van der Waals surface area contributed by atoms with E-state index in [-0.39, 0.29) is 11.3 Å². The minimum atomic E-state index is 0.0754. The van der Waals surface area contributed by atoms with E-state index in [4.69, 9.17) is 4.74 Å². The molecule has 0 aliphatic carbocycles. The Bertz CT molecular complexity index is 878. The lowest BCUT2D eigenvalue weighted by Gasteiger charge is -2.45. The number of nitrogens with zero attached hydrogens (tertiary/aromatic N) is 3. The van der Waals surface area contributed by atoms with Crippen molar-refractivity contribution >= 4 is 5.91 Å². The molecule has 33 heavy (non-hydrogen) atoms. The van der Waals surface area contributed by atoms with Crippen LogP contribution in [0.5, 0.6) is 5.75 Å². The van der Waals surface area contributed by atoms with Crippen molar-refractivity contribution in [3.63, 3.8) is 0 Å². The maximum Gasteiger partial charge on any atom is 0.272 e. The van der Waals surface area contributed by atoms with E-state index in [1.165, 1.54) is 37.7 Å². The van der Waals surface area contributed by atoms with Crippen LogP contribution in [0.1, 0.15) is 67.9 Å². The van der Waals surface area contributed by atoms with E-state index in [9.17, 15) is 4.79 Å². The van der Waals surface area contributed by atoms with Crippen LogP contribution in [0, 0.1) is 5.41 Å². The highest BCUT2D eigenvalue weighted by Gasteiger charge is 2.37. The fourth-order valence-electron chi connectivity index (χ4n) is 5.40. The van der Waals surface area contributed by atoms with Crippen LogP contribution >= 0.6 is 0 Å². The summed E-state index contributed by atoms with van der Waals surface area (Å²) in [6.07, 6.45) is 11.0. The molecule has 0 radical (unpaired) electrons. The van der Waals surface area contributed by atoms with Crippen LogP contribution in [0.4, 0.5) is 0 Å². The van der Waals surface area contributed by atoms with Gasteiger partial charge in [0.2, 0.25) is 0 Å². The van der Waals surface area contributed by atoms with E-state index in [1.54, 1.807) is 6.20 Å². The van der Waals surface area contributed by atoms with Gasteiger partial charge in [0.1, 0.15) is 18.1 Å². The van der Waals surface area contributed by atoms with E-state index in [2.05, 4.69) is 41.1 Å². The molecule has 1 aromatic carbocycles. The average Bonchev–Trinajstić information content (AvgIpc) is 2.86. The van der Waals surface area contributed by atoms with Gasteiger partial charge in [-0.1, -0.05) is 44.0 Å². The van der Waals surface area contributed by atoms with Gasteiger partial charge in [-0.3, -0.25) is 14.7 Å². The maximum absolute atomic E-state index is 12.9. The van der Waals surface area contributed by atoms with Crippen LogP contribution in [0.15, 0.2) is 48.7 Å². The standard InChI is InChI=1S/C28H39N3O2/c1-2-3-18-30-21-22-33-26-13-5-4-10-24(26)11-6-8-14-28(23-30)15-19-31(20-16-28)27(32)25-12-7-9-17-29-25/h4-5,7,9-10,12-13,17H,2-3,6,8,11,14-16,18-23H2,1H3. The number of piperidine rings is 1. The van der Waals surface area contributed by atoms with Gasteiger partial charge in [0, 0.05) is 32.4 Å². The van der Waals surface area contributed by atoms with Crippen LogP contribution in [0.25, 0.3) is 0 Å². The first-order valence-corrected chi connectivity index (χ1v) is 12.8. The Morgan fingerprint density at radius 2 is 1.85 bits per heavy atom. The first-order valence-electron chi connectivity index (χ1n) is 12.8. The number of aromatic nitrogens is 1. The molecule has 2 aliphatic rings. The highest BCUT2D eigenvalue weighted by molar-refractivity contribution is 5.92. The molecular formula is C28H39N3O2. The van der Waals surface area contributed by atoms with Crippen LogP contribution in [0.2, 0.25) is 0 Å². The molecule has 1 fully saturated rings. The molecule has 3 heterocycles. The summed E-state index contributed by atoms with van der Waals surface area (Å²) >= 11 is 0. The molecule has 2 aliphatic heterocycles. The van der Waals surface area contributed by atoms with Gasteiger partial charge in [0.05, 0.1) is 0 Å². The zero-order valence-electron chi connectivity index (χ0n) is 20.2. The van der Waals surface area contributed by atoms with Gasteiger partial charge in [-0.25, -0.2) is 0 Å². The minimum absolute atomic E-state index is 0.0754. The summed E-state index contributed by atoms with van der Waals surface area (Å²) in [7, 11) is 0. The molecule has 1 amide bonds. The number of ether oxygens (including phenoxy) is 1. The predicted octanol–water partition coefficient (Wildman–Crippen LogP) is 5.21. The van der Waals surface area contributed by atoms with Crippen molar-refractivity contribution in [1.82, 2.24) is 14.8 Å². The van der Waals surface area contributed by atoms with Gasteiger partial charge in [0.15, 0.2) is 0 Å². The lowest BCUT2D eigenvalue weighted by atomic mass is 9.73. The van der Waals surface area contributed by atoms with Gasteiger partial charge in [-0.2, -0.15) is 0 Å². The molecule has 0 saturated carbocycles. The Labute approximate surface area is 199 Å². The van der Waals surface area contributed by atoms with Crippen molar-refractivity contribution in [1.29, 1.82) is 0 Å². The highest BCUT2D eigenvalue weighted by Crippen LogP contribution is 2.38. The van der Waals surface area contributed by atoms with Crippen LogP contribution in [-0.4, -0.2) is 60.0 Å². The lowest BCUT2D eigenvalue weighted by Crippen LogP contribution is -2.49. The summed E-state index contributed by atoms with van der Waals surface area (Å²) in [4.78, 5) is 21.9. The number of carbonyl (C=O) groups is 1. The molecular weight excluding hydrogens is 410 g/mol. The fourth-order valence-corrected chi connectivity index (χ4v) is 5.40. The average molecular weight is 450 g/mol. The van der Waals surface area contributed by atoms with Gasteiger partial charge >= 0.3 is 0 Å². The zero-order chi connectivity index (χ0) is 22.9. The van der Waals surface area contributed by atoms with Crippen molar-refractivity contribution in [2.45, 2.75) is 58.3 Å². The molecule has 1 spiro atoms. The zero-order valence-corrected chi connectivity index (χ0v) is 20.2. The third-order valence-electron chi connectivity index (χ3n) is 7.42.